The van der Waals surface area contributed by atoms with E-state index >= 15 is 0 Å². The molecule has 0 bridgehead atoms. The van der Waals surface area contributed by atoms with E-state index in [9.17, 15) is 14.4 Å². The van der Waals surface area contributed by atoms with Crippen LogP contribution >= 0.6 is 0 Å². The van der Waals surface area contributed by atoms with Crippen LogP contribution in [-0.2, 0) is 26.1 Å². The van der Waals surface area contributed by atoms with Gasteiger partial charge in [-0.2, -0.15) is 0 Å². The van der Waals surface area contributed by atoms with Gasteiger partial charge in [-0.05, 0) is 31.2 Å². The van der Waals surface area contributed by atoms with Crippen LogP contribution in [0.25, 0.3) is 0 Å². The van der Waals surface area contributed by atoms with E-state index in [1.54, 1.807) is 67.2 Å². The molecule has 1 aromatic heterocycles. The minimum absolute atomic E-state index is 0.220. The summed E-state index contributed by atoms with van der Waals surface area (Å²) in [5.41, 5.74) is 0.861. The van der Waals surface area contributed by atoms with Crippen molar-refractivity contribution in [3.63, 3.8) is 0 Å². The molecule has 0 N–H and O–H groups in total. The van der Waals surface area contributed by atoms with Crippen molar-refractivity contribution in [2.24, 2.45) is 7.05 Å². The Kier molecular flexibility index (Phi) is 6.33. The number of hydrogen-bond donors (Lipinski definition) is 0. The molecule has 1 heterocycles. The Morgan fingerprint density at radius 1 is 1.04 bits per heavy atom. The van der Waals surface area contributed by atoms with Crippen molar-refractivity contribution in [2.45, 2.75) is 6.92 Å². The Labute approximate surface area is 145 Å². The number of esters is 2. The van der Waals surface area contributed by atoms with Crippen molar-refractivity contribution < 1.29 is 23.9 Å². The average Bonchev–Trinajstić information content (AvgIpc) is 3.04. The van der Waals surface area contributed by atoms with Crippen LogP contribution in [0.5, 0.6) is 0 Å². The summed E-state index contributed by atoms with van der Waals surface area (Å²) in [7, 11) is 1.70. The van der Waals surface area contributed by atoms with Gasteiger partial charge < -0.3 is 14.0 Å². The van der Waals surface area contributed by atoms with Crippen LogP contribution in [0.15, 0.2) is 48.7 Å². The molecule has 2 aromatic rings. The van der Waals surface area contributed by atoms with Gasteiger partial charge in [0.2, 0.25) is 0 Å². The third kappa shape index (κ3) is 4.94. The Balaban J connectivity index is 2.06. The summed E-state index contributed by atoms with van der Waals surface area (Å²) < 4.78 is 11.6. The maximum Gasteiger partial charge on any atom is 0.355 e. The topological polar surface area (TPSA) is 77.8 Å². The van der Waals surface area contributed by atoms with E-state index in [0.29, 0.717) is 11.4 Å². The minimum atomic E-state index is -0.606. The summed E-state index contributed by atoms with van der Waals surface area (Å²) in [5.74, 6) is -1.65. The van der Waals surface area contributed by atoms with Gasteiger partial charge in [-0.1, -0.05) is 18.2 Å². The molecule has 1 aromatic carbocycles. The van der Waals surface area contributed by atoms with Crippen molar-refractivity contribution >= 4 is 23.5 Å². The van der Waals surface area contributed by atoms with Crippen LogP contribution in [0, 0.1) is 0 Å². The fraction of sp³-hybridized carbons (Fsp3) is 0.278. The first-order chi connectivity index (χ1) is 12.0. The molecule has 25 heavy (non-hydrogen) atoms. The summed E-state index contributed by atoms with van der Waals surface area (Å²) in [6, 6.07) is 12.0. The number of benzene rings is 1. The average molecular weight is 344 g/mol. The van der Waals surface area contributed by atoms with Gasteiger partial charge in [-0.15, -0.1) is 0 Å². The number of anilines is 1. The monoisotopic (exact) mass is 344 g/mol. The highest BCUT2D eigenvalue weighted by Gasteiger charge is 2.22. The Bertz CT molecular complexity index is 739. The molecule has 0 aliphatic heterocycles. The maximum absolute atomic E-state index is 12.5. The van der Waals surface area contributed by atoms with E-state index in [0.717, 1.165) is 0 Å². The molecule has 0 aliphatic rings. The van der Waals surface area contributed by atoms with Crippen molar-refractivity contribution in [3.05, 3.63) is 54.4 Å². The zero-order chi connectivity index (χ0) is 18.2. The lowest BCUT2D eigenvalue weighted by atomic mass is 10.3. The van der Waals surface area contributed by atoms with Gasteiger partial charge in [-0.3, -0.25) is 14.5 Å². The molecule has 0 spiro atoms. The van der Waals surface area contributed by atoms with Crippen LogP contribution in [0.1, 0.15) is 17.4 Å². The third-order valence-electron chi connectivity index (χ3n) is 3.44. The molecular formula is C18H20N2O5. The second-order valence-electron chi connectivity index (χ2n) is 5.20. The minimum Gasteiger partial charge on any atom is -0.465 e. The molecule has 7 nitrogen and oxygen atoms in total. The van der Waals surface area contributed by atoms with Gasteiger partial charge in [0.05, 0.1) is 6.61 Å². The van der Waals surface area contributed by atoms with Crippen molar-refractivity contribution in [1.29, 1.82) is 0 Å². The summed E-state index contributed by atoms with van der Waals surface area (Å²) >= 11 is 0. The lowest BCUT2D eigenvalue weighted by molar-refractivity contribution is -0.142. The largest absolute Gasteiger partial charge is 0.465 e. The van der Waals surface area contributed by atoms with Crippen molar-refractivity contribution in [2.75, 3.05) is 24.7 Å². The standard InChI is InChI=1S/C18H20N2O5/c1-3-24-17(22)12-20(14-8-5-4-6-9-14)16(21)13-25-18(23)15-10-7-11-19(15)2/h4-11H,3,12-13H2,1-2H3. The van der Waals surface area contributed by atoms with E-state index in [-0.39, 0.29) is 13.2 Å². The molecule has 1 amide bonds. The first kappa shape index (κ1) is 18.3. The van der Waals surface area contributed by atoms with E-state index in [1.165, 1.54) is 4.90 Å². The van der Waals surface area contributed by atoms with Gasteiger partial charge in [0.25, 0.3) is 5.91 Å². The smallest absolute Gasteiger partial charge is 0.355 e. The highest BCUT2D eigenvalue weighted by Crippen LogP contribution is 2.14. The number of aromatic nitrogens is 1. The predicted octanol–water partition coefficient (Wildman–Crippen LogP) is 1.78. The van der Waals surface area contributed by atoms with Crippen LogP contribution in [-0.4, -0.2) is 42.2 Å². The molecule has 0 aliphatic carbocycles. The fourth-order valence-electron chi connectivity index (χ4n) is 2.22. The van der Waals surface area contributed by atoms with Gasteiger partial charge in [0, 0.05) is 18.9 Å². The quantitative estimate of drug-likeness (QED) is 0.716. The lowest BCUT2D eigenvalue weighted by Gasteiger charge is -2.21. The van der Waals surface area contributed by atoms with Crippen molar-refractivity contribution in [3.8, 4) is 0 Å². The number of aryl methyl sites for hydroxylation is 1. The Hall–Kier alpha value is -3.09. The van der Waals surface area contributed by atoms with Gasteiger partial charge in [0.15, 0.2) is 6.61 Å². The van der Waals surface area contributed by atoms with E-state index < -0.39 is 24.5 Å². The SMILES string of the molecule is CCOC(=O)CN(C(=O)COC(=O)c1cccn1C)c1ccccc1. The highest BCUT2D eigenvalue weighted by atomic mass is 16.5. The zero-order valence-corrected chi connectivity index (χ0v) is 14.2. The molecule has 0 atom stereocenters. The number of carbonyl (C=O) groups is 3. The molecule has 2 rings (SSSR count). The van der Waals surface area contributed by atoms with Crippen LogP contribution in [0.4, 0.5) is 5.69 Å². The molecule has 0 radical (unpaired) electrons. The molecular weight excluding hydrogens is 324 g/mol. The molecule has 7 heteroatoms. The van der Waals surface area contributed by atoms with E-state index in [4.69, 9.17) is 9.47 Å². The number of nitrogens with zero attached hydrogens (tertiary/aromatic N) is 2. The molecule has 0 fully saturated rings. The molecule has 0 unspecified atom stereocenters. The zero-order valence-electron chi connectivity index (χ0n) is 14.2. The summed E-state index contributed by atoms with van der Waals surface area (Å²) in [6.45, 7) is 1.18. The fourth-order valence-corrected chi connectivity index (χ4v) is 2.22. The second kappa shape index (κ2) is 8.68. The van der Waals surface area contributed by atoms with E-state index in [1.807, 2.05) is 0 Å². The number of carbonyl (C=O) groups excluding carboxylic acids is 3. The van der Waals surface area contributed by atoms with Crippen molar-refractivity contribution in [1.82, 2.24) is 4.57 Å². The number of rotatable bonds is 7. The first-order valence-electron chi connectivity index (χ1n) is 7.82. The normalized spacial score (nSPS) is 10.2. The number of hydrogen-bond acceptors (Lipinski definition) is 5. The number of amides is 1. The number of para-hydroxylation sites is 1. The molecule has 0 saturated heterocycles. The van der Waals surface area contributed by atoms with Crippen LogP contribution in [0.3, 0.4) is 0 Å². The Morgan fingerprint density at radius 3 is 2.36 bits per heavy atom. The molecule has 132 valence electrons. The summed E-state index contributed by atoms with van der Waals surface area (Å²) in [6.07, 6.45) is 1.70. The van der Waals surface area contributed by atoms with Gasteiger partial charge in [0.1, 0.15) is 12.2 Å². The molecule has 0 saturated carbocycles. The lowest BCUT2D eigenvalue weighted by Crippen LogP contribution is -2.39. The van der Waals surface area contributed by atoms with Crippen LogP contribution in [0.2, 0.25) is 0 Å². The predicted molar refractivity (Wildman–Crippen MR) is 91.1 cm³/mol. The van der Waals surface area contributed by atoms with Crippen LogP contribution < -0.4 is 4.90 Å². The summed E-state index contributed by atoms with van der Waals surface area (Å²) in [4.78, 5) is 37.5. The summed E-state index contributed by atoms with van der Waals surface area (Å²) in [5, 5.41) is 0. The first-order valence-corrected chi connectivity index (χ1v) is 7.82. The Morgan fingerprint density at radius 2 is 1.76 bits per heavy atom. The van der Waals surface area contributed by atoms with Gasteiger partial charge >= 0.3 is 11.9 Å². The maximum atomic E-state index is 12.5. The highest BCUT2D eigenvalue weighted by molar-refractivity contribution is 5.99. The number of ether oxygens (including phenoxy) is 2. The van der Waals surface area contributed by atoms with E-state index in [2.05, 4.69) is 0 Å². The van der Waals surface area contributed by atoms with Gasteiger partial charge in [-0.25, -0.2) is 4.79 Å². The third-order valence-corrected chi connectivity index (χ3v) is 3.44. The second-order valence-corrected chi connectivity index (χ2v) is 5.20.